The van der Waals surface area contributed by atoms with Crippen LogP contribution in [0.15, 0.2) is 52.1 Å². The van der Waals surface area contributed by atoms with Gasteiger partial charge in [0, 0.05) is 10.5 Å². The maximum absolute atomic E-state index is 11.9. The number of rotatable bonds is 5. The molecule has 2 aromatic rings. The van der Waals surface area contributed by atoms with Crippen molar-refractivity contribution in [3.05, 3.63) is 78.3 Å². The molecule has 0 saturated carbocycles. The van der Waals surface area contributed by atoms with Crippen molar-refractivity contribution in [3.63, 3.8) is 0 Å². The molecule has 0 N–H and O–H groups in total. The van der Waals surface area contributed by atoms with Gasteiger partial charge in [0.05, 0.1) is 22.1 Å². The molecule has 10 heteroatoms. The number of benzene rings is 2. The van der Waals surface area contributed by atoms with E-state index in [4.69, 9.17) is 0 Å². The van der Waals surface area contributed by atoms with Crippen LogP contribution >= 0.6 is 15.9 Å². The van der Waals surface area contributed by atoms with Crippen LogP contribution in [0.3, 0.4) is 0 Å². The van der Waals surface area contributed by atoms with E-state index in [1.807, 2.05) is 0 Å². The van der Waals surface area contributed by atoms with Crippen molar-refractivity contribution in [2.24, 2.45) is 5.16 Å². The van der Waals surface area contributed by atoms with Crippen LogP contribution in [0.2, 0.25) is 0 Å². The van der Waals surface area contributed by atoms with Crippen molar-refractivity contribution in [2.45, 2.75) is 0 Å². The molecule has 0 unspecified atom stereocenters. The number of carbonyl (C=O) groups excluding carboxylic acids is 1. The Bertz CT molecular complexity index is 835. The molecule has 2 rings (SSSR count). The van der Waals surface area contributed by atoms with Crippen molar-refractivity contribution >= 4 is 39.5 Å². The first-order chi connectivity index (χ1) is 11.4. The monoisotopic (exact) mass is 393 g/mol. The third-order valence-corrected chi connectivity index (χ3v) is 3.34. The fourth-order valence-corrected chi connectivity index (χ4v) is 1.95. The van der Waals surface area contributed by atoms with Gasteiger partial charge >= 0.3 is 5.97 Å². The van der Waals surface area contributed by atoms with Gasteiger partial charge in [-0.25, -0.2) is 4.79 Å². The van der Waals surface area contributed by atoms with Gasteiger partial charge in [0.2, 0.25) is 0 Å². The Morgan fingerprint density at radius 3 is 2.33 bits per heavy atom. The summed E-state index contributed by atoms with van der Waals surface area (Å²) in [5.41, 5.74) is -1.02. The minimum Gasteiger partial charge on any atom is -0.313 e. The lowest BCUT2D eigenvalue weighted by Gasteiger charge is -2.00. The second-order valence-electron chi connectivity index (χ2n) is 4.38. The largest absolute Gasteiger partial charge is 0.372 e. The summed E-state index contributed by atoms with van der Waals surface area (Å²) in [7, 11) is 0. The Hall–Kier alpha value is -3.14. The van der Waals surface area contributed by atoms with Gasteiger partial charge in [-0.1, -0.05) is 33.2 Å². The van der Waals surface area contributed by atoms with Crippen LogP contribution in [0.5, 0.6) is 0 Å². The Balaban J connectivity index is 2.18. The first kappa shape index (κ1) is 17.2. The zero-order valence-electron chi connectivity index (χ0n) is 11.8. The number of halogens is 1. The van der Waals surface area contributed by atoms with Crippen LogP contribution < -0.4 is 0 Å². The van der Waals surface area contributed by atoms with Gasteiger partial charge in [0.15, 0.2) is 0 Å². The fraction of sp³-hybridized carbons (Fsp3) is 0. The summed E-state index contributed by atoms with van der Waals surface area (Å²) in [6.07, 6.45) is 1.25. The molecule has 9 nitrogen and oxygen atoms in total. The lowest BCUT2D eigenvalue weighted by atomic mass is 10.1. The minimum atomic E-state index is -1.09. The van der Waals surface area contributed by atoms with Crippen LogP contribution in [0.4, 0.5) is 11.4 Å². The number of nitro benzene ring substituents is 2. The van der Waals surface area contributed by atoms with E-state index in [0.29, 0.717) is 11.6 Å². The van der Waals surface area contributed by atoms with E-state index in [-0.39, 0.29) is 0 Å². The van der Waals surface area contributed by atoms with Crippen LogP contribution in [-0.2, 0) is 4.84 Å². The van der Waals surface area contributed by atoms with Crippen LogP contribution in [-0.4, -0.2) is 22.0 Å². The van der Waals surface area contributed by atoms with Gasteiger partial charge < -0.3 is 4.84 Å². The van der Waals surface area contributed by atoms with Crippen molar-refractivity contribution in [2.75, 3.05) is 0 Å². The van der Waals surface area contributed by atoms with Gasteiger partial charge in [-0.3, -0.25) is 20.2 Å². The van der Waals surface area contributed by atoms with Crippen LogP contribution in [0, 0.1) is 20.2 Å². The van der Waals surface area contributed by atoms with Crippen LogP contribution in [0.25, 0.3) is 0 Å². The molecular formula is C14H8BrN3O6. The molecule has 0 aliphatic heterocycles. The number of oxime groups is 1. The maximum atomic E-state index is 11.9. The molecule has 24 heavy (non-hydrogen) atoms. The molecule has 122 valence electrons. The number of hydrogen-bond acceptors (Lipinski definition) is 7. The van der Waals surface area contributed by atoms with Crippen LogP contribution in [0.1, 0.15) is 15.9 Å². The maximum Gasteiger partial charge on any atom is 0.372 e. The summed E-state index contributed by atoms with van der Waals surface area (Å²) in [6, 6.07) is 9.53. The summed E-state index contributed by atoms with van der Waals surface area (Å²) in [5, 5.41) is 25.1. The van der Waals surface area contributed by atoms with Crippen molar-refractivity contribution in [1.82, 2.24) is 0 Å². The predicted octanol–water partition coefficient (Wildman–Crippen LogP) is 3.46. The highest BCUT2D eigenvalue weighted by atomic mass is 79.9. The molecular weight excluding hydrogens is 386 g/mol. The lowest BCUT2D eigenvalue weighted by Crippen LogP contribution is -2.06. The second kappa shape index (κ2) is 7.42. The van der Waals surface area contributed by atoms with Gasteiger partial charge in [-0.2, -0.15) is 0 Å². The number of hydrogen-bond donors (Lipinski definition) is 0. The Morgan fingerprint density at radius 2 is 1.75 bits per heavy atom. The van der Waals surface area contributed by atoms with Gasteiger partial charge in [-0.15, -0.1) is 0 Å². The number of non-ortho nitro benzene ring substituents is 1. The SMILES string of the molecule is O=C(O/N=C\c1ccc(Br)cc1)c1ccc([N+](=O)[O-])cc1[N+](=O)[O-]. The summed E-state index contributed by atoms with van der Waals surface area (Å²) in [6.45, 7) is 0. The zero-order valence-corrected chi connectivity index (χ0v) is 13.4. The molecule has 0 spiro atoms. The zero-order chi connectivity index (χ0) is 17.7. The van der Waals surface area contributed by atoms with E-state index in [2.05, 4.69) is 25.9 Å². The first-order valence-corrected chi connectivity index (χ1v) is 7.11. The number of carbonyl (C=O) groups is 1. The Kier molecular flexibility index (Phi) is 5.32. The Morgan fingerprint density at radius 1 is 1.08 bits per heavy atom. The topological polar surface area (TPSA) is 125 Å². The summed E-state index contributed by atoms with van der Waals surface area (Å²) in [5.74, 6) is -1.09. The number of nitrogens with zero attached hydrogens (tertiary/aromatic N) is 3. The summed E-state index contributed by atoms with van der Waals surface area (Å²) in [4.78, 5) is 36.4. The van der Waals surface area contributed by atoms with E-state index in [1.165, 1.54) is 6.21 Å². The predicted molar refractivity (Wildman–Crippen MR) is 86.9 cm³/mol. The van der Waals surface area contributed by atoms with E-state index < -0.39 is 32.8 Å². The van der Waals surface area contributed by atoms with E-state index in [9.17, 15) is 25.0 Å². The summed E-state index contributed by atoms with van der Waals surface area (Å²) < 4.78 is 0.859. The first-order valence-electron chi connectivity index (χ1n) is 6.31. The Labute approximate surface area is 143 Å². The van der Waals surface area contributed by atoms with E-state index >= 15 is 0 Å². The highest BCUT2D eigenvalue weighted by molar-refractivity contribution is 9.10. The molecule has 0 saturated heterocycles. The molecule has 0 aliphatic rings. The lowest BCUT2D eigenvalue weighted by molar-refractivity contribution is -0.394. The minimum absolute atomic E-state index is 0.432. The highest BCUT2D eigenvalue weighted by Crippen LogP contribution is 2.25. The number of nitro groups is 2. The van der Waals surface area contributed by atoms with Gasteiger partial charge in [-0.05, 0) is 23.8 Å². The average Bonchev–Trinajstić information content (AvgIpc) is 2.55. The summed E-state index contributed by atoms with van der Waals surface area (Å²) >= 11 is 3.26. The van der Waals surface area contributed by atoms with Gasteiger partial charge in [0.1, 0.15) is 5.56 Å². The van der Waals surface area contributed by atoms with Crippen molar-refractivity contribution in [1.29, 1.82) is 0 Å². The second-order valence-corrected chi connectivity index (χ2v) is 5.30. The molecule has 0 bridgehead atoms. The molecule has 2 aromatic carbocycles. The smallest absolute Gasteiger partial charge is 0.313 e. The molecule has 0 radical (unpaired) electrons. The fourth-order valence-electron chi connectivity index (χ4n) is 1.69. The molecule has 0 aliphatic carbocycles. The third kappa shape index (κ3) is 4.20. The molecule has 0 amide bonds. The molecule has 0 fully saturated rings. The average molecular weight is 394 g/mol. The van der Waals surface area contributed by atoms with E-state index in [0.717, 1.165) is 16.6 Å². The standard InChI is InChI=1S/C14H8BrN3O6/c15-10-3-1-9(2-4-10)8-16-24-14(19)12-6-5-11(17(20)21)7-13(12)18(22)23/h1-8H/b16-8-. The van der Waals surface area contributed by atoms with Crippen molar-refractivity contribution < 1.29 is 19.5 Å². The molecule has 0 aromatic heterocycles. The molecule has 0 heterocycles. The van der Waals surface area contributed by atoms with E-state index in [1.54, 1.807) is 24.3 Å². The quantitative estimate of drug-likeness (QED) is 0.331. The highest BCUT2D eigenvalue weighted by Gasteiger charge is 2.25. The van der Waals surface area contributed by atoms with Gasteiger partial charge in [0.25, 0.3) is 11.4 Å². The normalized spacial score (nSPS) is 10.5. The molecule has 0 atom stereocenters. The third-order valence-electron chi connectivity index (χ3n) is 2.82. The van der Waals surface area contributed by atoms with Crippen molar-refractivity contribution in [3.8, 4) is 0 Å².